The third-order valence-corrected chi connectivity index (χ3v) is 2.56. The van der Waals surface area contributed by atoms with Crippen LogP contribution >= 0.6 is 0 Å². The highest BCUT2D eigenvalue weighted by Gasteiger charge is 2.25. The summed E-state index contributed by atoms with van der Waals surface area (Å²) in [6.07, 6.45) is 0. The van der Waals surface area contributed by atoms with Gasteiger partial charge in [-0.3, -0.25) is 30.3 Å². The molecule has 9 heteroatoms. The van der Waals surface area contributed by atoms with Crippen LogP contribution in [0, 0.1) is 37.3 Å². The second-order valence-electron chi connectivity index (χ2n) is 4.05. The molecule has 0 unspecified atom stereocenters. The Balaban J connectivity index is 0.000000235. The van der Waals surface area contributed by atoms with Gasteiger partial charge in [-0.2, -0.15) is 0 Å². The van der Waals surface area contributed by atoms with Crippen molar-refractivity contribution in [2.24, 2.45) is 0 Å². The standard InChI is InChI=1S/C7H6N2O4.C6H5NO2/c1-5-3-2-4-6(8(10)11)7(5)9(12)13;8-7(9)6-4-2-1-3-5-6/h2-4H,1H3;1-5H. The lowest BCUT2D eigenvalue weighted by molar-refractivity contribution is -0.422. The molecule has 0 aromatic heterocycles. The number of nitro groups is 3. The van der Waals surface area contributed by atoms with E-state index in [0.29, 0.717) is 5.56 Å². The van der Waals surface area contributed by atoms with E-state index in [1.807, 2.05) is 0 Å². The second kappa shape index (κ2) is 7.43. The van der Waals surface area contributed by atoms with E-state index in [2.05, 4.69) is 0 Å². The molecular formula is C13H11N3O6. The van der Waals surface area contributed by atoms with Gasteiger partial charge in [0, 0.05) is 23.8 Å². The fourth-order valence-electron chi connectivity index (χ4n) is 1.58. The van der Waals surface area contributed by atoms with E-state index in [4.69, 9.17) is 0 Å². The van der Waals surface area contributed by atoms with Crippen LogP contribution in [0.25, 0.3) is 0 Å². The van der Waals surface area contributed by atoms with Crippen molar-refractivity contribution in [1.29, 1.82) is 0 Å². The van der Waals surface area contributed by atoms with Crippen LogP contribution in [-0.4, -0.2) is 14.8 Å². The van der Waals surface area contributed by atoms with Crippen molar-refractivity contribution in [3.63, 3.8) is 0 Å². The third-order valence-electron chi connectivity index (χ3n) is 2.56. The summed E-state index contributed by atoms with van der Waals surface area (Å²) in [7, 11) is 0. The maximum Gasteiger partial charge on any atom is 0.348 e. The second-order valence-corrected chi connectivity index (χ2v) is 4.05. The Morgan fingerprint density at radius 1 is 0.727 bits per heavy atom. The van der Waals surface area contributed by atoms with Crippen LogP contribution in [0.1, 0.15) is 5.56 Å². The number of non-ortho nitro benzene ring substituents is 1. The predicted octanol–water partition coefficient (Wildman–Crippen LogP) is 3.41. The SMILES string of the molecule is Cc1cccc([N+](=O)[O-])c1[N+](=O)[O-].O=[N+]([O-])c1ccccc1. The highest BCUT2D eigenvalue weighted by molar-refractivity contribution is 5.56. The zero-order valence-corrected chi connectivity index (χ0v) is 11.4. The molecule has 0 amide bonds. The van der Waals surface area contributed by atoms with Crippen LogP contribution in [0.15, 0.2) is 48.5 Å². The van der Waals surface area contributed by atoms with Crippen molar-refractivity contribution >= 4 is 17.1 Å². The van der Waals surface area contributed by atoms with Gasteiger partial charge in [-0.1, -0.05) is 30.3 Å². The number of benzene rings is 2. The summed E-state index contributed by atoms with van der Waals surface area (Å²) in [6, 6.07) is 11.9. The molecule has 0 radical (unpaired) electrons. The van der Waals surface area contributed by atoms with Gasteiger partial charge in [-0.25, -0.2) is 0 Å². The van der Waals surface area contributed by atoms with Crippen LogP contribution in [-0.2, 0) is 0 Å². The molecule has 2 aromatic rings. The Morgan fingerprint density at radius 3 is 1.68 bits per heavy atom. The minimum atomic E-state index is -0.759. The topological polar surface area (TPSA) is 129 Å². The first-order valence-electron chi connectivity index (χ1n) is 5.92. The van der Waals surface area contributed by atoms with Crippen LogP contribution in [0.4, 0.5) is 17.1 Å². The van der Waals surface area contributed by atoms with E-state index in [1.54, 1.807) is 18.2 Å². The first kappa shape index (κ1) is 16.7. The van der Waals surface area contributed by atoms with Crippen LogP contribution in [0.2, 0.25) is 0 Å². The number of nitrogens with zero attached hydrogens (tertiary/aromatic N) is 3. The van der Waals surface area contributed by atoms with Crippen LogP contribution in [0.5, 0.6) is 0 Å². The average molecular weight is 305 g/mol. The zero-order chi connectivity index (χ0) is 16.7. The number of aryl methyl sites for hydroxylation is 1. The molecule has 114 valence electrons. The molecule has 0 heterocycles. The molecule has 2 aromatic carbocycles. The molecule has 0 saturated heterocycles. The lowest BCUT2D eigenvalue weighted by Crippen LogP contribution is -1.98. The highest BCUT2D eigenvalue weighted by atomic mass is 16.6. The fourth-order valence-corrected chi connectivity index (χ4v) is 1.58. The van der Waals surface area contributed by atoms with Gasteiger partial charge < -0.3 is 0 Å². The van der Waals surface area contributed by atoms with E-state index in [0.717, 1.165) is 6.07 Å². The van der Waals surface area contributed by atoms with E-state index >= 15 is 0 Å². The van der Waals surface area contributed by atoms with Gasteiger partial charge in [0.25, 0.3) is 5.69 Å². The van der Waals surface area contributed by atoms with Crippen molar-refractivity contribution in [2.75, 3.05) is 0 Å². The van der Waals surface area contributed by atoms with Crippen molar-refractivity contribution in [3.05, 3.63) is 84.4 Å². The number of hydrogen-bond donors (Lipinski definition) is 0. The normalized spacial score (nSPS) is 9.32. The largest absolute Gasteiger partial charge is 0.348 e. The van der Waals surface area contributed by atoms with Gasteiger partial charge in [0.2, 0.25) is 0 Å². The maximum absolute atomic E-state index is 10.4. The van der Waals surface area contributed by atoms with Gasteiger partial charge in [0.05, 0.1) is 14.8 Å². The molecule has 0 aliphatic rings. The van der Waals surface area contributed by atoms with Gasteiger partial charge in [-0.05, 0) is 6.92 Å². The number of para-hydroxylation sites is 2. The lowest BCUT2D eigenvalue weighted by atomic mass is 10.2. The molecular weight excluding hydrogens is 294 g/mol. The van der Waals surface area contributed by atoms with E-state index in [1.165, 1.54) is 31.2 Å². The van der Waals surface area contributed by atoms with Crippen molar-refractivity contribution in [2.45, 2.75) is 6.92 Å². The summed E-state index contributed by atoms with van der Waals surface area (Å²) >= 11 is 0. The predicted molar refractivity (Wildman–Crippen MR) is 77.6 cm³/mol. The van der Waals surface area contributed by atoms with E-state index in [9.17, 15) is 30.3 Å². The number of hydrogen-bond acceptors (Lipinski definition) is 6. The fraction of sp³-hybridized carbons (Fsp3) is 0.0769. The molecule has 0 fully saturated rings. The molecule has 0 spiro atoms. The Labute approximate surface area is 124 Å². The summed E-state index contributed by atoms with van der Waals surface area (Å²) < 4.78 is 0. The van der Waals surface area contributed by atoms with E-state index in [-0.39, 0.29) is 5.69 Å². The van der Waals surface area contributed by atoms with Crippen molar-refractivity contribution in [1.82, 2.24) is 0 Å². The number of nitro benzene ring substituents is 3. The Bertz CT molecular complexity index is 702. The average Bonchev–Trinajstić information content (AvgIpc) is 2.48. The summed E-state index contributed by atoms with van der Waals surface area (Å²) in [5, 5.41) is 30.8. The molecule has 0 saturated carbocycles. The quantitative estimate of drug-likeness (QED) is 0.631. The van der Waals surface area contributed by atoms with E-state index < -0.39 is 26.1 Å². The number of rotatable bonds is 3. The highest BCUT2D eigenvalue weighted by Crippen LogP contribution is 2.29. The van der Waals surface area contributed by atoms with Gasteiger partial charge >= 0.3 is 11.4 Å². The minimum Gasteiger partial charge on any atom is -0.258 e. The van der Waals surface area contributed by atoms with Gasteiger partial charge in [0.15, 0.2) is 0 Å². The molecule has 0 aliphatic carbocycles. The lowest BCUT2D eigenvalue weighted by Gasteiger charge is -1.96. The van der Waals surface area contributed by atoms with Gasteiger partial charge in [0.1, 0.15) is 0 Å². The Morgan fingerprint density at radius 2 is 1.32 bits per heavy atom. The monoisotopic (exact) mass is 305 g/mol. The summed E-state index contributed by atoms with van der Waals surface area (Å²) in [5.41, 5.74) is -0.478. The zero-order valence-electron chi connectivity index (χ0n) is 11.4. The molecule has 0 aliphatic heterocycles. The summed E-state index contributed by atoms with van der Waals surface area (Å²) in [6.45, 7) is 1.46. The molecule has 22 heavy (non-hydrogen) atoms. The van der Waals surface area contributed by atoms with Crippen LogP contribution in [0.3, 0.4) is 0 Å². The first-order chi connectivity index (χ1) is 10.3. The molecule has 9 nitrogen and oxygen atoms in total. The van der Waals surface area contributed by atoms with Crippen molar-refractivity contribution < 1.29 is 14.8 Å². The molecule has 2 rings (SSSR count). The van der Waals surface area contributed by atoms with Crippen molar-refractivity contribution in [3.8, 4) is 0 Å². The minimum absolute atomic E-state index is 0.137. The Kier molecular flexibility index (Phi) is 5.64. The molecule has 0 bridgehead atoms. The smallest absolute Gasteiger partial charge is 0.258 e. The third kappa shape index (κ3) is 4.34. The summed E-state index contributed by atoms with van der Waals surface area (Å²) in [4.78, 5) is 28.9. The first-order valence-corrected chi connectivity index (χ1v) is 5.92. The molecule has 0 N–H and O–H groups in total. The molecule has 0 atom stereocenters. The summed E-state index contributed by atoms with van der Waals surface area (Å²) in [5.74, 6) is 0. The Hall–Kier alpha value is -3.36. The van der Waals surface area contributed by atoms with Crippen LogP contribution < -0.4 is 0 Å². The maximum atomic E-state index is 10.4. The van der Waals surface area contributed by atoms with Gasteiger partial charge in [-0.15, -0.1) is 0 Å².